The fourth-order valence-corrected chi connectivity index (χ4v) is 5.99. The number of hydrogen-bond donors (Lipinski definition) is 0. The van der Waals surface area contributed by atoms with Crippen molar-refractivity contribution < 1.29 is 4.79 Å². The molecular formula is C30H41NO. The van der Waals surface area contributed by atoms with Crippen molar-refractivity contribution in [3.8, 4) is 0 Å². The van der Waals surface area contributed by atoms with Crippen molar-refractivity contribution in [2.24, 2.45) is 5.92 Å². The van der Waals surface area contributed by atoms with Gasteiger partial charge in [0.25, 0.3) is 0 Å². The van der Waals surface area contributed by atoms with Crippen LogP contribution in [0.2, 0.25) is 0 Å². The Morgan fingerprint density at radius 3 is 1.84 bits per heavy atom. The average Bonchev–Trinajstić information content (AvgIpc) is 2.99. The van der Waals surface area contributed by atoms with Gasteiger partial charge in [-0.15, -0.1) is 0 Å². The largest absolute Gasteiger partial charge is 0.294 e. The molecule has 2 saturated heterocycles. The number of hydrogen-bond acceptors (Lipinski definition) is 2. The summed E-state index contributed by atoms with van der Waals surface area (Å²) in [5, 5.41) is 0. The summed E-state index contributed by atoms with van der Waals surface area (Å²) in [6.07, 6.45) is 4.51. The summed E-state index contributed by atoms with van der Waals surface area (Å²) < 4.78 is 0. The van der Waals surface area contributed by atoms with Gasteiger partial charge in [0, 0.05) is 30.1 Å². The second kappa shape index (κ2) is 9.51. The maximum atomic E-state index is 14.1. The zero-order chi connectivity index (χ0) is 23.0. The van der Waals surface area contributed by atoms with E-state index in [1.165, 1.54) is 35.1 Å². The zero-order valence-corrected chi connectivity index (χ0v) is 20.9. The van der Waals surface area contributed by atoms with Gasteiger partial charge in [-0.25, -0.2) is 0 Å². The zero-order valence-electron chi connectivity index (χ0n) is 20.9. The lowest BCUT2D eigenvalue weighted by molar-refractivity contribution is 0.0676. The predicted octanol–water partition coefficient (Wildman–Crippen LogP) is 7.68. The highest BCUT2D eigenvalue weighted by Gasteiger charge is 2.43. The first kappa shape index (κ1) is 23.2. The molecule has 2 aliphatic rings. The number of piperidine rings is 1. The van der Waals surface area contributed by atoms with Crippen molar-refractivity contribution in [2.45, 2.75) is 104 Å². The van der Waals surface area contributed by atoms with Crippen molar-refractivity contribution in [1.29, 1.82) is 0 Å². The van der Waals surface area contributed by atoms with Crippen LogP contribution in [-0.4, -0.2) is 22.8 Å². The molecule has 2 bridgehead atoms. The molecule has 4 rings (SSSR count). The third-order valence-electron chi connectivity index (χ3n) is 7.84. The molecule has 2 fully saturated rings. The van der Waals surface area contributed by atoms with Gasteiger partial charge in [0.1, 0.15) is 0 Å². The summed E-state index contributed by atoms with van der Waals surface area (Å²) in [6.45, 7) is 14.5. The highest BCUT2D eigenvalue weighted by molar-refractivity contribution is 6.01. The van der Waals surface area contributed by atoms with Crippen molar-refractivity contribution in [1.82, 2.24) is 4.90 Å². The number of fused-ring (bicyclic) bond motifs is 2. The predicted molar refractivity (Wildman–Crippen MR) is 135 cm³/mol. The molecule has 0 saturated carbocycles. The van der Waals surface area contributed by atoms with E-state index in [2.05, 4.69) is 88.9 Å². The standard InChI is InChI=1S/C30H41NO/c1-19(2)23-16-27(20(3)4)29(28(17-23)21(5)6)30(32)24-14-25-12-13-26(15-24)31(25)18-22-10-8-7-9-11-22/h7-11,16-17,19-21,24-26H,12-15,18H2,1-6H3. The van der Waals surface area contributed by atoms with Crippen molar-refractivity contribution >= 4 is 5.78 Å². The van der Waals surface area contributed by atoms with Crippen LogP contribution < -0.4 is 0 Å². The second-order valence-corrected chi connectivity index (χ2v) is 11.1. The molecule has 0 aromatic heterocycles. The molecule has 0 spiro atoms. The Hall–Kier alpha value is -1.93. The summed E-state index contributed by atoms with van der Waals surface area (Å²) in [5.41, 5.74) is 6.35. The first-order valence-electron chi connectivity index (χ1n) is 12.8. The Bertz CT molecular complexity index is 900. The van der Waals surface area contributed by atoms with E-state index in [1.54, 1.807) is 0 Å². The van der Waals surface area contributed by atoms with Crippen LogP contribution in [0.1, 0.15) is 118 Å². The van der Waals surface area contributed by atoms with Crippen LogP contribution in [0.5, 0.6) is 0 Å². The highest BCUT2D eigenvalue weighted by Crippen LogP contribution is 2.42. The molecule has 2 atom stereocenters. The Kier molecular flexibility index (Phi) is 6.91. The van der Waals surface area contributed by atoms with Gasteiger partial charge in [0.2, 0.25) is 0 Å². The minimum absolute atomic E-state index is 0.166. The lowest BCUT2D eigenvalue weighted by atomic mass is 9.77. The van der Waals surface area contributed by atoms with Crippen LogP contribution in [0.3, 0.4) is 0 Å². The number of rotatable bonds is 7. The van der Waals surface area contributed by atoms with Crippen LogP contribution >= 0.6 is 0 Å². The molecule has 2 heterocycles. The number of benzene rings is 2. The van der Waals surface area contributed by atoms with Crippen LogP contribution in [0.15, 0.2) is 42.5 Å². The van der Waals surface area contributed by atoms with Crippen LogP contribution in [0, 0.1) is 5.92 Å². The number of Topliss-reactive ketones (excluding diaryl/α,β-unsaturated/α-hetero) is 1. The van der Waals surface area contributed by atoms with Crippen molar-refractivity contribution in [3.63, 3.8) is 0 Å². The SMILES string of the molecule is CC(C)c1cc(C(C)C)c(C(=O)C2CC3CCC(C2)N3Cc2ccccc2)c(C(C)C)c1. The Morgan fingerprint density at radius 1 is 0.844 bits per heavy atom. The van der Waals surface area contributed by atoms with Gasteiger partial charge in [-0.1, -0.05) is 84.0 Å². The van der Waals surface area contributed by atoms with E-state index >= 15 is 0 Å². The minimum Gasteiger partial charge on any atom is -0.294 e. The third-order valence-corrected chi connectivity index (χ3v) is 7.84. The highest BCUT2D eigenvalue weighted by atomic mass is 16.1. The van der Waals surface area contributed by atoms with E-state index in [9.17, 15) is 4.79 Å². The molecule has 172 valence electrons. The quantitative estimate of drug-likeness (QED) is 0.419. The van der Waals surface area contributed by atoms with Gasteiger partial charge < -0.3 is 0 Å². The fraction of sp³-hybridized carbons (Fsp3) is 0.567. The van der Waals surface area contributed by atoms with Crippen LogP contribution in [0.4, 0.5) is 0 Å². The lowest BCUT2D eigenvalue weighted by Gasteiger charge is -2.39. The fourth-order valence-electron chi connectivity index (χ4n) is 5.99. The summed E-state index contributed by atoms with van der Waals surface area (Å²) >= 11 is 0. The normalized spacial score (nSPS) is 23.5. The molecule has 32 heavy (non-hydrogen) atoms. The smallest absolute Gasteiger partial charge is 0.166 e. The molecule has 2 aromatic rings. The van der Waals surface area contributed by atoms with E-state index in [0.717, 1.165) is 24.9 Å². The second-order valence-electron chi connectivity index (χ2n) is 11.1. The Morgan fingerprint density at radius 2 is 1.38 bits per heavy atom. The molecule has 2 nitrogen and oxygen atoms in total. The molecule has 2 aliphatic heterocycles. The van der Waals surface area contributed by atoms with Gasteiger partial charge in [-0.2, -0.15) is 0 Å². The topological polar surface area (TPSA) is 20.3 Å². The van der Waals surface area contributed by atoms with E-state index < -0.39 is 0 Å². The summed E-state index contributed by atoms with van der Waals surface area (Å²) in [4.78, 5) is 16.8. The summed E-state index contributed by atoms with van der Waals surface area (Å²) in [7, 11) is 0. The first-order valence-corrected chi connectivity index (χ1v) is 12.8. The van der Waals surface area contributed by atoms with Gasteiger partial charge in [0.15, 0.2) is 5.78 Å². The van der Waals surface area contributed by atoms with Crippen molar-refractivity contribution in [2.75, 3.05) is 0 Å². The molecule has 0 aliphatic carbocycles. The maximum Gasteiger partial charge on any atom is 0.166 e. The molecule has 0 radical (unpaired) electrons. The molecule has 0 N–H and O–H groups in total. The van der Waals surface area contributed by atoms with E-state index in [0.29, 0.717) is 35.6 Å². The lowest BCUT2D eigenvalue weighted by Crippen LogP contribution is -2.44. The molecule has 0 amide bonds. The van der Waals surface area contributed by atoms with E-state index in [4.69, 9.17) is 0 Å². The summed E-state index contributed by atoms with van der Waals surface area (Å²) in [6, 6.07) is 16.6. The summed E-state index contributed by atoms with van der Waals surface area (Å²) in [5.74, 6) is 1.79. The molecule has 2 unspecified atom stereocenters. The van der Waals surface area contributed by atoms with Crippen LogP contribution in [-0.2, 0) is 6.54 Å². The van der Waals surface area contributed by atoms with Gasteiger partial charge in [0.05, 0.1) is 0 Å². The van der Waals surface area contributed by atoms with Crippen molar-refractivity contribution in [3.05, 3.63) is 70.3 Å². The number of nitrogens with zero attached hydrogens (tertiary/aromatic N) is 1. The van der Waals surface area contributed by atoms with E-state index in [1.807, 2.05) is 0 Å². The van der Waals surface area contributed by atoms with E-state index in [-0.39, 0.29) is 5.92 Å². The third kappa shape index (κ3) is 4.57. The molecular weight excluding hydrogens is 390 g/mol. The molecule has 2 aromatic carbocycles. The van der Waals surface area contributed by atoms with Gasteiger partial charge in [-0.05, 0) is 65.7 Å². The monoisotopic (exact) mass is 431 g/mol. The maximum absolute atomic E-state index is 14.1. The Labute approximate surface area is 195 Å². The number of carbonyl (C=O) groups excluding carboxylic acids is 1. The Balaban J connectivity index is 1.62. The number of carbonyl (C=O) groups is 1. The first-order chi connectivity index (χ1) is 15.3. The van der Waals surface area contributed by atoms with Crippen LogP contribution in [0.25, 0.3) is 0 Å². The average molecular weight is 432 g/mol. The van der Waals surface area contributed by atoms with Gasteiger partial charge >= 0.3 is 0 Å². The minimum atomic E-state index is 0.166. The molecule has 2 heteroatoms. The number of ketones is 1. The van der Waals surface area contributed by atoms with Gasteiger partial charge in [-0.3, -0.25) is 9.69 Å².